The highest BCUT2D eigenvalue weighted by atomic mass is 32.1. The molecule has 0 aromatic carbocycles. The quantitative estimate of drug-likeness (QED) is 0.758. The fourth-order valence-corrected chi connectivity index (χ4v) is 2.40. The summed E-state index contributed by atoms with van der Waals surface area (Å²) in [4.78, 5) is 24.3. The first-order valence-corrected chi connectivity index (χ1v) is 6.83. The van der Waals surface area contributed by atoms with Gasteiger partial charge in [0.05, 0.1) is 5.92 Å². The summed E-state index contributed by atoms with van der Waals surface area (Å²) in [6.45, 7) is 4.07. The van der Waals surface area contributed by atoms with Crippen LogP contribution in [0.1, 0.15) is 31.6 Å². The third-order valence-electron chi connectivity index (χ3n) is 2.64. The Bertz CT molecular complexity index is 360. The summed E-state index contributed by atoms with van der Waals surface area (Å²) >= 11 is 1.68. The van der Waals surface area contributed by atoms with Gasteiger partial charge in [-0.2, -0.15) is 0 Å². The summed E-state index contributed by atoms with van der Waals surface area (Å²) in [5.41, 5.74) is 0. The van der Waals surface area contributed by atoms with Gasteiger partial charge < -0.3 is 5.32 Å². The fourth-order valence-electron chi connectivity index (χ4n) is 1.69. The summed E-state index contributed by atoms with van der Waals surface area (Å²) in [7, 11) is 0. The number of hydrogen-bond donors (Lipinski definition) is 1. The Balaban J connectivity index is 2.34. The van der Waals surface area contributed by atoms with Crippen molar-refractivity contribution >= 4 is 23.0 Å². The maximum absolute atomic E-state index is 11.8. The topological polar surface area (TPSA) is 46.2 Å². The van der Waals surface area contributed by atoms with Crippen LogP contribution in [0.25, 0.3) is 0 Å². The van der Waals surface area contributed by atoms with E-state index < -0.39 is 5.92 Å². The lowest BCUT2D eigenvalue weighted by Gasteiger charge is -2.12. The van der Waals surface area contributed by atoms with Crippen LogP contribution in [0.15, 0.2) is 17.5 Å². The van der Waals surface area contributed by atoms with Crippen LogP contribution in [0.2, 0.25) is 0 Å². The van der Waals surface area contributed by atoms with Crippen molar-refractivity contribution in [1.29, 1.82) is 0 Å². The molecule has 0 fully saturated rings. The van der Waals surface area contributed by atoms with Crippen molar-refractivity contribution in [1.82, 2.24) is 5.32 Å². The molecule has 0 aliphatic carbocycles. The van der Waals surface area contributed by atoms with Gasteiger partial charge in [0.2, 0.25) is 5.91 Å². The number of Topliss-reactive ketones (excluding diaryl/α,β-unsaturated/α-hetero) is 1. The molecule has 4 heteroatoms. The summed E-state index contributed by atoms with van der Waals surface area (Å²) < 4.78 is 0. The Morgan fingerprint density at radius 1 is 1.47 bits per heavy atom. The van der Waals surface area contributed by atoms with Gasteiger partial charge in [0.25, 0.3) is 0 Å². The molecule has 1 aromatic heterocycles. The molecule has 1 N–H and O–H groups in total. The molecule has 3 nitrogen and oxygen atoms in total. The van der Waals surface area contributed by atoms with Gasteiger partial charge in [0.15, 0.2) is 0 Å². The summed E-state index contributed by atoms with van der Waals surface area (Å²) in [6.07, 6.45) is 2.32. The Kier molecular flexibility index (Phi) is 5.91. The second kappa shape index (κ2) is 7.22. The van der Waals surface area contributed by atoms with Crippen LogP contribution in [0.4, 0.5) is 0 Å². The second-order valence-electron chi connectivity index (χ2n) is 4.07. The molecule has 0 bridgehead atoms. The van der Waals surface area contributed by atoms with Crippen molar-refractivity contribution in [2.24, 2.45) is 5.92 Å². The molecule has 1 aromatic rings. The average molecular weight is 253 g/mol. The maximum atomic E-state index is 11.8. The van der Waals surface area contributed by atoms with Crippen molar-refractivity contribution in [2.75, 3.05) is 6.54 Å². The van der Waals surface area contributed by atoms with Crippen molar-refractivity contribution in [2.45, 2.75) is 33.1 Å². The van der Waals surface area contributed by atoms with E-state index in [9.17, 15) is 9.59 Å². The number of nitrogens with one attached hydrogen (secondary N) is 1. The van der Waals surface area contributed by atoms with Crippen LogP contribution < -0.4 is 5.32 Å². The smallest absolute Gasteiger partial charge is 0.230 e. The van der Waals surface area contributed by atoms with Crippen LogP contribution in [0.5, 0.6) is 0 Å². The lowest BCUT2D eigenvalue weighted by molar-refractivity contribution is -0.133. The lowest BCUT2D eigenvalue weighted by atomic mass is 9.98. The zero-order valence-corrected chi connectivity index (χ0v) is 11.2. The lowest BCUT2D eigenvalue weighted by Crippen LogP contribution is -2.35. The fraction of sp³-hybridized carbons (Fsp3) is 0.538. The van der Waals surface area contributed by atoms with E-state index >= 15 is 0 Å². The van der Waals surface area contributed by atoms with E-state index in [0.29, 0.717) is 13.0 Å². The zero-order chi connectivity index (χ0) is 12.7. The number of amides is 1. The van der Waals surface area contributed by atoms with Crippen molar-refractivity contribution < 1.29 is 9.59 Å². The molecule has 1 atom stereocenters. The monoisotopic (exact) mass is 253 g/mol. The van der Waals surface area contributed by atoms with Crippen molar-refractivity contribution in [3.8, 4) is 0 Å². The summed E-state index contributed by atoms with van der Waals surface area (Å²) in [6, 6.07) is 4.04. The summed E-state index contributed by atoms with van der Waals surface area (Å²) in [5, 5.41) is 4.85. The molecule has 1 rings (SSSR count). The number of ketones is 1. The van der Waals surface area contributed by atoms with Gasteiger partial charge in [-0.1, -0.05) is 19.4 Å². The third-order valence-corrected chi connectivity index (χ3v) is 3.57. The van der Waals surface area contributed by atoms with Crippen LogP contribution in [0, 0.1) is 5.92 Å². The first-order valence-electron chi connectivity index (χ1n) is 5.95. The molecule has 1 unspecified atom stereocenters. The Labute approximate surface area is 106 Å². The molecule has 0 saturated heterocycles. The molecular formula is C13H19NO2S. The zero-order valence-electron chi connectivity index (χ0n) is 10.4. The molecule has 0 aliphatic rings. The van der Waals surface area contributed by atoms with Crippen LogP contribution in [-0.2, 0) is 16.0 Å². The largest absolute Gasteiger partial charge is 0.355 e. The summed E-state index contributed by atoms with van der Waals surface area (Å²) in [5.74, 6) is -0.639. The number of rotatable bonds is 7. The van der Waals surface area contributed by atoms with Gasteiger partial charge in [-0.25, -0.2) is 0 Å². The number of thiophene rings is 1. The molecule has 1 amide bonds. The highest BCUT2D eigenvalue weighted by Gasteiger charge is 2.21. The molecule has 1 heterocycles. The Morgan fingerprint density at radius 3 is 2.76 bits per heavy atom. The predicted octanol–water partition coefficient (Wildman–Crippen LogP) is 2.41. The number of carbonyl (C=O) groups excluding carboxylic acids is 2. The van der Waals surface area contributed by atoms with Crippen molar-refractivity contribution in [3.05, 3.63) is 22.4 Å². The van der Waals surface area contributed by atoms with Gasteiger partial charge in [0, 0.05) is 11.4 Å². The minimum Gasteiger partial charge on any atom is -0.355 e. The molecular weight excluding hydrogens is 234 g/mol. The normalized spacial score (nSPS) is 12.1. The molecule has 0 radical (unpaired) electrons. The molecule has 94 valence electrons. The van der Waals surface area contributed by atoms with E-state index in [-0.39, 0.29) is 11.7 Å². The van der Waals surface area contributed by atoms with E-state index in [1.54, 1.807) is 11.3 Å². The predicted molar refractivity (Wildman–Crippen MR) is 70.1 cm³/mol. The highest BCUT2D eigenvalue weighted by Crippen LogP contribution is 2.10. The van der Waals surface area contributed by atoms with E-state index in [1.807, 2.05) is 24.4 Å². The molecule has 0 aliphatic heterocycles. The first kappa shape index (κ1) is 13.9. The molecule has 0 saturated carbocycles. The van der Waals surface area contributed by atoms with Crippen LogP contribution in [0.3, 0.4) is 0 Å². The van der Waals surface area contributed by atoms with E-state index in [4.69, 9.17) is 0 Å². The molecule has 17 heavy (non-hydrogen) atoms. The minimum atomic E-state index is -0.469. The average Bonchev–Trinajstić information content (AvgIpc) is 2.78. The SMILES string of the molecule is CCCC(C(C)=O)C(=O)NCCc1cccs1. The minimum absolute atomic E-state index is 0.0412. The Hall–Kier alpha value is -1.16. The van der Waals surface area contributed by atoms with Crippen molar-refractivity contribution in [3.63, 3.8) is 0 Å². The third kappa shape index (κ3) is 4.69. The van der Waals surface area contributed by atoms with Gasteiger partial charge in [-0.15, -0.1) is 11.3 Å². The standard InChI is InChI=1S/C13H19NO2S/c1-3-5-12(10(2)15)13(16)14-8-7-11-6-4-9-17-11/h4,6,9,12H,3,5,7-8H2,1-2H3,(H,14,16). The second-order valence-corrected chi connectivity index (χ2v) is 5.10. The van der Waals surface area contributed by atoms with E-state index in [0.717, 1.165) is 12.8 Å². The van der Waals surface area contributed by atoms with Gasteiger partial charge in [0.1, 0.15) is 5.78 Å². The number of carbonyl (C=O) groups is 2. The van der Waals surface area contributed by atoms with Gasteiger partial charge >= 0.3 is 0 Å². The van der Waals surface area contributed by atoms with Crippen LogP contribution >= 0.6 is 11.3 Å². The first-order chi connectivity index (χ1) is 8.15. The number of hydrogen-bond acceptors (Lipinski definition) is 3. The van der Waals surface area contributed by atoms with E-state index in [1.165, 1.54) is 11.8 Å². The highest BCUT2D eigenvalue weighted by molar-refractivity contribution is 7.09. The van der Waals surface area contributed by atoms with E-state index in [2.05, 4.69) is 5.32 Å². The van der Waals surface area contributed by atoms with Gasteiger partial charge in [-0.3, -0.25) is 9.59 Å². The molecule has 0 spiro atoms. The van der Waals surface area contributed by atoms with Crippen LogP contribution in [-0.4, -0.2) is 18.2 Å². The Morgan fingerprint density at radius 2 is 2.24 bits per heavy atom. The maximum Gasteiger partial charge on any atom is 0.230 e. The van der Waals surface area contributed by atoms with Gasteiger partial charge in [-0.05, 0) is 31.2 Å².